The Labute approximate surface area is 116 Å². The Morgan fingerprint density at radius 3 is 2.85 bits per heavy atom. The maximum atomic E-state index is 12.6. The summed E-state index contributed by atoms with van der Waals surface area (Å²) in [6.45, 7) is 1.86. The molecule has 2 aromatic heterocycles. The van der Waals surface area contributed by atoms with Crippen molar-refractivity contribution in [3.05, 3.63) is 35.1 Å². The fourth-order valence-corrected chi connectivity index (χ4v) is 2.21. The molecule has 0 bridgehead atoms. The smallest absolute Gasteiger partial charge is 0.433 e. The molecule has 0 radical (unpaired) electrons. The van der Waals surface area contributed by atoms with Crippen molar-refractivity contribution in [3.8, 4) is 10.6 Å². The predicted molar refractivity (Wildman–Crippen MR) is 66.3 cm³/mol. The van der Waals surface area contributed by atoms with E-state index in [0.29, 0.717) is 5.01 Å². The lowest BCUT2D eigenvalue weighted by Crippen LogP contribution is -2.07. The molecule has 106 valence electrons. The van der Waals surface area contributed by atoms with E-state index < -0.39 is 17.8 Å². The number of nitrogens with zero attached hydrogens (tertiary/aromatic N) is 2. The first-order valence-electron chi connectivity index (χ1n) is 5.58. The van der Waals surface area contributed by atoms with Crippen molar-refractivity contribution in [1.82, 2.24) is 9.97 Å². The Kier molecular flexibility index (Phi) is 4.03. The van der Waals surface area contributed by atoms with Gasteiger partial charge >= 0.3 is 12.1 Å². The van der Waals surface area contributed by atoms with Gasteiger partial charge in [0.2, 0.25) is 0 Å². The van der Waals surface area contributed by atoms with E-state index in [2.05, 4.69) is 9.97 Å². The fraction of sp³-hybridized carbons (Fsp3) is 0.250. The van der Waals surface area contributed by atoms with Gasteiger partial charge in [0, 0.05) is 17.1 Å². The predicted octanol–water partition coefficient (Wildman–Crippen LogP) is 3.40. The number of rotatable bonds is 3. The van der Waals surface area contributed by atoms with Crippen molar-refractivity contribution in [1.29, 1.82) is 0 Å². The molecule has 2 heterocycles. The monoisotopic (exact) mass is 302 g/mol. The molecule has 0 saturated heterocycles. The van der Waals surface area contributed by atoms with Crippen molar-refractivity contribution in [2.24, 2.45) is 0 Å². The summed E-state index contributed by atoms with van der Waals surface area (Å²) in [5, 5.41) is 1.75. The van der Waals surface area contributed by atoms with Crippen LogP contribution in [-0.2, 0) is 10.9 Å². The topological polar surface area (TPSA) is 52.1 Å². The second-order valence-corrected chi connectivity index (χ2v) is 4.54. The van der Waals surface area contributed by atoms with Crippen molar-refractivity contribution in [2.45, 2.75) is 13.1 Å². The van der Waals surface area contributed by atoms with Gasteiger partial charge < -0.3 is 4.74 Å². The summed E-state index contributed by atoms with van der Waals surface area (Å²) in [5.41, 5.74) is -0.659. The molecular formula is C12H9F3N2O2S. The van der Waals surface area contributed by atoms with Crippen LogP contribution in [0, 0.1) is 0 Å². The molecule has 8 heteroatoms. The maximum Gasteiger partial charge on any atom is 0.433 e. The number of aromatic nitrogens is 2. The molecule has 0 aliphatic heterocycles. The summed E-state index contributed by atoms with van der Waals surface area (Å²) in [6, 6.07) is 2.30. The Morgan fingerprint density at radius 1 is 1.45 bits per heavy atom. The Morgan fingerprint density at radius 2 is 2.20 bits per heavy atom. The highest BCUT2D eigenvalue weighted by atomic mass is 32.1. The zero-order valence-electron chi connectivity index (χ0n) is 10.3. The lowest BCUT2D eigenvalue weighted by Gasteiger charge is -2.05. The number of thiazole rings is 1. The molecule has 0 aliphatic rings. The third kappa shape index (κ3) is 3.13. The number of alkyl halides is 3. The standard InChI is InChI=1S/C12H9F3N2O2S/c1-2-19-11(18)8-6-20-10(17-8)7-3-4-16-9(5-7)12(13,14)15/h3-6H,2H2,1H3. The first-order valence-corrected chi connectivity index (χ1v) is 6.46. The average molecular weight is 302 g/mol. The number of halogens is 3. The van der Waals surface area contributed by atoms with Crippen molar-refractivity contribution >= 4 is 17.3 Å². The summed E-state index contributed by atoms with van der Waals surface area (Å²) in [4.78, 5) is 18.7. The van der Waals surface area contributed by atoms with Gasteiger partial charge in [-0.25, -0.2) is 9.78 Å². The average Bonchev–Trinajstić information content (AvgIpc) is 2.88. The van der Waals surface area contributed by atoms with Gasteiger partial charge in [-0.2, -0.15) is 13.2 Å². The molecule has 0 spiro atoms. The molecule has 0 N–H and O–H groups in total. The van der Waals surface area contributed by atoms with Crippen LogP contribution in [0.4, 0.5) is 13.2 Å². The highest BCUT2D eigenvalue weighted by Gasteiger charge is 2.32. The molecule has 0 aliphatic carbocycles. The van der Waals surface area contributed by atoms with Crippen LogP contribution < -0.4 is 0 Å². The third-order valence-corrected chi connectivity index (χ3v) is 3.18. The Hall–Kier alpha value is -1.96. The quantitative estimate of drug-likeness (QED) is 0.815. The van der Waals surface area contributed by atoms with Gasteiger partial charge in [0.25, 0.3) is 0 Å². The molecule has 0 fully saturated rings. The SMILES string of the molecule is CCOC(=O)c1csc(-c2ccnc(C(F)(F)F)c2)n1. The third-order valence-electron chi connectivity index (χ3n) is 2.29. The molecule has 4 nitrogen and oxygen atoms in total. The summed E-state index contributed by atoms with van der Waals surface area (Å²) >= 11 is 1.07. The molecule has 0 unspecified atom stereocenters. The molecule has 2 aromatic rings. The van der Waals surface area contributed by atoms with Gasteiger partial charge in [-0.15, -0.1) is 11.3 Å². The molecular weight excluding hydrogens is 293 g/mol. The fourth-order valence-electron chi connectivity index (χ4n) is 1.42. The van der Waals surface area contributed by atoms with E-state index in [1.54, 1.807) is 6.92 Å². The zero-order valence-corrected chi connectivity index (χ0v) is 11.1. The van der Waals surface area contributed by atoms with Crippen LogP contribution in [0.2, 0.25) is 0 Å². The first-order chi connectivity index (χ1) is 9.41. The van der Waals surface area contributed by atoms with E-state index in [9.17, 15) is 18.0 Å². The number of hydrogen-bond acceptors (Lipinski definition) is 5. The van der Waals surface area contributed by atoms with Crippen LogP contribution in [-0.4, -0.2) is 22.5 Å². The van der Waals surface area contributed by atoms with Gasteiger partial charge in [0.1, 0.15) is 10.7 Å². The van der Waals surface area contributed by atoms with Gasteiger partial charge in [-0.3, -0.25) is 4.98 Å². The Balaban J connectivity index is 2.31. The van der Waals surface area contributed by atoms with E-state index in [1.165, 1.54) is 11.4 Å². The van der Waals surface area contributed by atoms with E-state index in [-0.39, 0.29) is 17.9 Å². The van der Waals surface area contributed by atoms with E-state index >= 15 is 0 Å². The number of ether oxygens (including phenoxy) is 1. The molecule has 0 amide bonds. The van der Waals surface area contributed by atoms with Crippen molar-refractivity contribution < 1.29 is 22.7 Å². The summed E-state index contributed by atoms with van der Waals surface area (Å²) < 4.78 is 42.5. The summed E-state index contributed by atoms with van der Waals surface area (Å²) in [5.74, 6) is -0.597. The second-order valence-electron chi connectivity index (χ2n) is 3.69. The normalized spacial score (nSPS) is 11.4. The summed E-state index contributed by atoms with van der Waals surface area (Å²) in [7, 11) is 0. The van der Waals surface area contributed by atoms with E-state index in [4.69, 9.17) is 4.74 Å². The second kappa shape index (κ2) is 5.58. The minimum atomic E-state index is -4.52. The highest BCUT2D eigenvalue weighted by molar-refractivity contribution is 7.13. The van der Waals surface area contributed by atoms with E-state index in [1.807, 2.05) is 0 Å². The Bertz CT molecular complexity index is 625. The van der Waals surface area contributed by atoms with Crippen molar-refractivity contribution in [2.75, 3.05) is 6.61 Å². The highest BCUT2D eigenvalue weighted by Crippen LogP contribution is 2.31. The molecule has 20 heavy (non-hydrogen) atoms. The van der Waals surface area contributed by atoms with E-state index in [0.717, 1.165) is 23.6 Å². The lowest BCUT2D eigenvalue weighted by atomic mass is 10.2. The first kappa shape index (κ1) is 14.4. The maximum absolute atomic E-state index is 12.6. The number of carbonyl (C=O) groups excluding carboxylic acids is 1. The van der Waals surface area contributed by atoms with Crippen LogP contribution in [0.5, 0.6) is 0 Å². The molecule has 0 saturated carbocycles. The van der Waals surface area contributed by atoms with Crippen LogP contribution >= 0.6 is 11.3 Å². The van der Waals surface area contributed by atoms with Crippen LogP contribution in [0.25, 0.3) is 10.6 Å². The zero-order chi connectivity index (χ0) is 14.8. The van der Waals surface area contributed by atoms with Gasteiger partial charge in [-0.05, 0) is 19.1 Å². The van der Waals surface area contributed by atoms with Crippen molar-refractivity contribution in [3.63, 3.8) is 0 Å². The van der Waals surface area contributed by atoms with Crippen LogP contribution in [0.3, 0.4) is 0 Å². The van der Waals surface area contributed by atoms with Crippen LogP contribution in [0.1, 0.15) is 23.1 Å². The number of hydrogen-bond donors (Lipinski definition) is 0. The lowest BCUT2D eigenvalue weighted by molar-refractivity contribution is -0.141. The number of carbonyl (C=O) groups is 1. The van der Waals surface area contributed by atoms with Gasteiger partial charge in [0.15, 0.2) is 5.69 Å². The minimum absolute atomic E-state index is 0.0808. The van der Waals surface area contributed by atoms with Crippen LogP contribution in [0.15, 0.2) is 23.7 Å². The van der Waals surface area contributed by atoms with Gasteiger partial charge in [0.05, 0.1) is 6.61 Å². The number of pyridine rings is 1. The largest absolute Gasteiger partial charge is 0.461 e. The summed E-state index contributed by atoms with van der Waals surface area (Å²) in [6.07, 6.45) is -3.46. The van der Waals surface area contributed by atoms with Gasteiger partial charge in [-0.1, -0.05) is 0 Å². The minimum Gasteiger partial charge on any atom is -0.461 e. The number of esters is 1. The molecule has 0 atom stereocenters. The molecule has 2 rings (SSSR count). The molecule has 0 aromatic carbocycles.